The van der Waals surface area contributed by atoms with Gasteiger partial charge in [0.15, 0.2) is 0 Å². The molecule has 0 bridgehead atoms. The molecule has 0 rings (SSSR count). The Balaban J connectivity index is 4.56. The summed E-state index contributed by atoms with van der Waals surface area (Å²) in [5, 5.41) is 0. The highest BCUT2D eigenvalue weighted by atomic mass is 28.4. The average molecular weight is 362 g/mol. The Labute approximate surface area is 152 Å². The fraction of sp³-hybridized carbons (Fsp3) is 1.00. The first-order chi connectivity index (χ1) is 11.5. The van der Waals surface area contributed by atoms with Crippen molar-refractivity contribution in [1.29, 1.82) is 0 Å². The highest BCUT2D eigenvalue weighted by molar-refractivity contribution is 6.59. The lowest BCUT2D eigenvalue weighted by molar-refractivity contribution is -0.0319. The highest BCUT2D eigenvalue weighted by Crippen LogP contribution is 2.16. The van der Waals surface area contributed by atoms with E-state index in [0.717, 1.165) is 13.1 Å². The Morgan fingerprint density at radius 1 is 0.750 bits per heavy atom. The molecule has 146 valence electrons. The van der Waals surface area contributed by atoms with E-state index in [0.29, 0.717) is 13.2 Å². The molecule has 0 N–H and O–H groups in total. The number of rotatable bonds is 17. The Bertz CT molecular complexity index is 261. The third kappa shape index (κ3) is 11.6. The smallest absolute Gasteiger partial charge is 0.374 e. The van der Waals surface area contributed by atoms with Gasteiger partial charge in [-0.05, 0) is 33.6 Å². The van der Waals surface area contributed by atoms with E-state index in [-0.39, 0.29) is 6.23 Å². The molecule has 0 aromatic heterocycles. The molecule has 0 fully saturated rings. The fourth-order valence-corrected chi connectivity index (χ4v) is 5.01. The molecule has 1 atom stereocenters. The van der Waals surface area contributed by atoms with Crippen molar-refractivity contribution in [2.45, 2.75) is 98.8 Å². The van der Waals surface area contributed by atoms with Crippen molar-refractivity contribution in [3.05, 3.63) is 0 Å². The Hall–Kier alpha value is 0.0569. The number of nitrogens with zero attached hydrogens (tertiary/aromatic N) is 1. The van der Waals surface area contributed by atoms with Crippen LogP contribution >= 0.6 is 0 Å². The molecular formula is C19H43NO3Si. The van der Waals surface area contributed by atoms with Crippen molar-refractivity contribution < 1.29 is 13.3 Å². The molecule has 24 heavy (non-hydrogen) atoms. The van der Waals surface area contributed by atoms with Crippen LogP contribution in [0.25, 0.3) is 0 Å². The minimum absolute atomic E-state index is 0.0584. The molecule has 0 spiro atoms. The SMILES string of the molecule is CCCCCCN(CCCCCC)C(C)O[Si](C)(OCC)OCC. The molecule has 0 saturated heterocycles. The predicted molar refractivity (Wildman–Crippen MR) is 105 cm³/mol. The normalized spacial score (nSPS) is 13.6. The van der Waals surface area contributed by atoms with Gasteiger partial charge in [-0.25, -0.2) is 0 Å². The van der Waals surface area contributed by atoms with Gasteiger partial charge in [0.1, 0.15) is 6.23 Å². The van der Waals surface area contributed by atoms with Crippen molar-refractivity contribution in [2.24, 2.45) is 0 Å². The molecule has 5 heteroatoms. The van der Waals surface area contributed by atoms with E-state index in [4.69, 9.17) is 13.3 Å². The van der Waals surface area contributed by atoms with Crippen molar-refractivity contribution in [2.75, 3.05) is 26.3 Å². The molecule has 0 saturated carbocycles. The second kappa shape index (κ2) is 15.3. The van der Waals surface area contributed by atoms with Crippen LogP contribution < -0.4 is 0 Å². The van der Waals surface area contributed by atoms with Gasteiger partial charge in [-0.15, -0.1) is 0 Å². The summed E-state index contributed by atoms with van der Waals surface area (Å²) >= 11 is 0. The lowest BCUT2D eigenvalue weighted by atomic mass is 10.1. The van der Waals surface area contributed by atoms with Crippen LogP contribution in [0.4, 0.5) is 0 Å². The van der Waals surface area contributed by atoms with Gasteiger partial charge >= 0.3 is 8.80 Å². The maximum atomic E-state index is 6.32. The first kappa shape index (κ1) is 24.1. The summed E-state index contributed by atoms with van der Waals surface area (Å²) in [6.07, 6.45) is 10.4. The standard InChI is InChI=1S/C19H43NO3Si/c1-7-11-13-15-17-20(18-16-14-12-8-2)19(5)23-24(6,21-9-3)22-10-4/h19H,7-18H2,1-6H3. The molecule has 1 unspecified atom stereocenters. The van der Waals surface area contributed by atoms with Gasteiger partial charge in [-0.2, -0.15) is 0 Å². The Morgan fingerprint density at radius 2 is 1.21 bits per heavy atom. The molecule has 0 heterocycles. The van der Waals surface area contributed by atoms with Crippen LogP contribution in [0.3, 0.4) is 0 Å². The lowest BCUT2D eigenvalue weighted by Crippen LogP contribution is -2.50. The summed E-state index contributed by atoms with van der Waals surface area (Å²) in [6.45, 7) is 16.2. The largest absolute Gasteiger partial charge is 0.498 e. The van der Waals surface area contributed by atoms with E-state index in [1.54, 1.807) is 0 Å². The molecular weight excluding hydrogens is 318 g/mol. The van der Waals surface area contributed by atoms with Crippen LogP contribution in [-0.4, -0.2) is 46.2 Å². The molecule has 0 aliphatic carbocycles. The third-order valence-corrected chi connectivity index (χ3v) is 6.71. The molecule has 0 amide bonds. The van der Waals surface area contributed by atoms with Crippen molar-refractivity contribution in [3.8, 4) is 0 Å². The first-order valence-corrected chi connectivity index (χ1v) is 12.4. The quantitative estimate of drug-likeness (QED) is 0.196. The van der Waals surface area contributed by atoms with E-state index in [9.17, 15) is 0 Å². The minimum atomic E-state index is -2.53. The van der Waals surface area contributed by atoms with Gasteiger partial charge in [-0.3, -0.25) is 4.90 Å². The van der Waals surface area contributed by atoms with Crippen LogP contribution in [-0.2, 0) is 13.3 Å². The van der Waals surface area contributed by atoms with Crippen LogP contribution in [0.1, 0.15) is 86.0 Å². The number of hydrogen-bond donors (Lipinski definition) is 0. The van der Waals surface area contributed by atoms with E-state index < -0.39 is 8.80 Å². The summed E-state index contributed by atoms with van der Waals surface area (Å²) in [5.74, 6) is 0. The van der Waals surface area contributed by atoms with Gasteiger partial charge in [0.05, 0.1) is 0 Å². The van der Waals surface area contributed by atoms with Gasteiger partial charge in [0, 0.05) is 32.9 Å². The molecule has 0 aliphatic rings. The van der Waals surface area contributed by atoms with Gasteiger partial charge in [0.2, 0.25) is 0 Å². The summed E-state index contributed by atoms with van der Waals surface area (Å²) < 4.78 is 18.0. The molecule has 0 radical (unpaired) electrons. The number of hydrogen-bond acceptors (Lipinski definition) is 4. The zero-order valence-electron chi connectivity index (χ0n) is 17.2. The summed E-state index contributed by atoms with van der Waals surface area (Å²) in [5.41, 5.74) is 0. The molecule has 0 aromatic rings. The van der Waals surface area contributed by atoms with Crippen LogP contribution in [0.2, 0.25) is 6.55 Å². The molecule has 0 aromatic carbocycles. The number of unbranched alkanes of at least 4 members (excludes halogenated alkanes) is 6. The summed E-state index contributed by atoms with van der Waals surface area (Å²) in [4.78, 5) is 2.48. The van der Waals surface area contributed by atoms with Crippen molar-refractivity contribution in [1.82, 2.24) is 4.90 Å². The Morgan fingerprint density at radius 3 is 1.58 bits per heavy atom. The van der Waals surface area contributed by atoms with Crippen molar-refractivity contribution in [3.63, 3.8) is 0 Å². The maximum Gasteiger partial charge on any atom is 0.498 e. The van der Waals surface area contributed by atoms with E-state index in [1.807, 2.05) is 20.4 Å². The van der Waals surface area contributed by atoms with Gasteiger partial charge < -0.3 is 13.3 Å². The second-order valence-electron chi connectivity index (χ2n) is 6.60. The molecule has 4 nitrogen and oxygen atoms in total. The monoisotopic (exact) mass is 361 g/mol. The van der Waals surface area contributed by atoms with Gasteiger partial charge in [0.25, 0.3) is 0 Å². The zero-order chi connectivity index (χ0) is 18.3. The van der Waals surface area contributed by atoms with E-state index >= 15 is 0 Å². The van der Waals surface area contributed by atoms with E-state index in [2.05, 4.69) is 25.7 Å². The van der Waals surface area contributed by atoms with Crippen LogP contribution in [0.5, 0.6) is 0 Å². The second-order valence-corrected chi connectivity index (χ2v) is 9.14. The van der Waals surface area contributed by atoms with Crippen molar-refractivity contribution >= 4 is 8.80 Å². The lowest BCUT2D eigenvalue weighted by Gasteiger charge is -2.35. The Kier molecular flexibility index (Phi) is 15.4. The summed E-state index contributed by atoms with van der Waals surface area (Å²) in [7, 11) is -2.53. The minimum Gasteiger partial charge on any atom is -0.374 e. The topological polar surface area (TPSA) is 30.9 Å². The van der Waals surface area contributed by atoms with E-state index in [1.165, 1.54) is 51.4 Å². The maximum absolute atomic E-state index is 6.32. The molecule has 0 aliphatic heterocycles. The summed E-state index contributed by atoms with van der Waals surface area (Å²) in [6, 6.07) is 0. The zero-order valence-corrected chi connectivity index (χ0v) is 18.2. The van der Waals surface area contributed by atoms with Crippen LogP contribution in [0.15, 0.2) is 0 Å². The third-order valence-electron chi connectivity index (χ3n) is 4.31. The predicted octanol–water partition coefficient (Wildman–Crippen LogP) is 5.45. The first-order valence-electron chi connectivity index (χ1n) is 10.2. The highest BCUT2D eigenvalue weighted by Gasteiger charge is 2.37. The van der Waals surface area contributed by atoms with Crippen LogP contribution in [0, 0.1) is 0 Å². The average Bonchev–Trinajstić information content (AvgIpc) is 2.53. The van der Waals surface area contributed by atoms with Gasteiger partial charge in [-0.1, -0.05) is 52.4 Å². The fourth-order valence-electron chi connectivity index (χ4n) is 2.98.